The van der Waals surface area contributed by atoms with Gasteiger partial charge in [0.1, 0.15) is 5.69 Å². The number of nitrogen functional groups attached to an aromatic ring is 1. The van der Waals surface area contributed by atoms with E-state index in [2.05, 4.69) is 0 Å². The van der Waals surface area contributed by atoms with Gasteiger partial charge in [-0.05, 0) is 28.7 Å². The van der Waals surface area contributed by atoms with Crippen LogP contribution in [0.25, 0.3) is 0 Å². The molecule has 1 aromatic rings. The van der Waals surface area contributed by atoms with E-state index in [9.17, 15) is 13.6 Å². The van der Waals surface area contributed by atoms with E-state index in [1.54, 1.807) is 22.6 Å². The summed E-state index contributed by atoms with van der Waals surface area (Å²) in [5, 5.41) is 0. The number of halogens is 3. The summed E-state index contributed by atoms with van der Waals surface area (Å²) in [6.07, 6.45) is -2.74. The normalized spacial score (nSPS) is 10.7. The number of nitrogens with two attached hydrogens (primary N) is 1. The van der Waals surface area contributed by atoms with E-state index in [0.29, 0.717) is 3.57 Å². The lowest BCUT2D eigenvalue weighted by Gasteiger charge is -2.03. The van der Waals surface area contributed by atoms with Crippen molar-refractivity contribution >= 4 is 28.3 Å². The predicted molar refractivity (Wildman–Crippen MR) is 49.1 cm³/mol. The number of aromatic nitrogens is 1. The van der Waals surface area contributed by atoms with Crippen LogP contribution in [0.3, 0.4) is 0 Å². The number of rotatable bonds is 1. The number of pyridine rings is 1. The molecule has 0 unspecified atom stereocenters. The fourth-order valence-electron chi connectivity index (χ4n) is 0.715. The number of alkyl halides is 2. The van der Waals surface area contributed by atoms with Crippen LogP contribution >= 0.6 is 22.6 Å². The Bertz CT molecular complexity index is 350. The molecule has 1 aromatic heterocycles. The van der Waals surface area contributed by atoms with Crippen molar-refractivity contribution in [1.29, 1.82) is 0 Å². The quantitative estimate of drug-likeness (QED) is 0.769. The van der Waals surface area contributed by atoms with Gasteiger partial charge in [-0.15, -0.1) is 0 Å². The Morgan fingerprint density at radius 3 is 2.67 bits per heavy atom. The van der Waals surface area contributed by atoms with Crippen molar-refractivity contribution in [3.63, 3.8) is 0 Å². The summed E-state index contributed by atoms with van der Waals surface area (Å²) in [7, 11) is 0. The monoisotopic (exact) mass is 286 g/mol. The molecule has 0 aliphatic carbocycles. The van der Waals surface area contributed by atoms with Crippen LogP contribution in [0, 0.1) is 3.57 Å². The minimum atomic E-state index is -2.74. The first-order valence-corrected chi connectivity index (χ1v) is 4.06. The molecule has 1 rings (SSSR count). The first-order valence-electron chi connectivity index (χ1n) is 2.98. The molecule has 0 atom stereocenters. The molecular weight excluding hydrogens is 281 g/mol. The van der Waals surface area contributed by atoms with Crippen molar-refractivity contribution < 1.29 is 8.78 Å². The van der Waals surface area contributed by atoms with Gasteiger partial charge in [0.15, 0.2) is 0 Å². The molecule has 12 heavy (non-hydrogen) atoms. The van der Waals surface area contributed by atoms with E-state index in [-0.39, 0.29) is 5.69 Å². The van der Waals surface area contributed by atoms with Crippen LogP contribution in [-0.4, -0.2) is 4.98 Å². The lowest BCUT2D eigenvalue weighted by molar-refractivity contribution is 0.146. The summed E-state index contributed by atoms with van der Waals surface area (Å²) in [4.78, 5) is 12.8. The van der Waals surface area contributed by atoms with Gasteiger partial charge in [-0.3, -0.25) is 4.79 Å². The predicted octanol–water partition coefficient (Wildman–Crippen LogP) is 1.50. The van der Waals surface area contributed by atoms with Gasteiger partial charge < -0.3 is 10.7 Å². The van der Waals surface area contributed by atoms with Gasteiger partial charge in [-0.2, -0.15) is 0 Å². The van der Waals surface area contributed by atoms with Crippen molar-refractivity contribution in [3.8, 4) is 0 Å². The van der Waals surface area contributed by atoms with E-state index >= 15 is 0 Å². The van der Waals surface area contributed by atoms with E-state index in [1.165, 1.54) is 6.07 Å². The van der Waals surface area contributed by atoms with Crippen molar-refractivity contribution in [2.24, 2.45) is 0 Å². The van der Waals surface area contributed by atoms with E-state index in [4.69, 9.17) is 5.73 Å². The van der Waals surface area contributed by atoms with Crippen LogP contribution in [0.2, 0.25) is 0 Å². The zero-order valence-corrected chi connectivity index (χ0v) is 7.93. The van der Waals surface area contributed by atoms with Crippen molar-refractivity contribution in [1.82, 2.24) is 4.98 Å². The average Bonchev–Trinajstić information content (AvgIpc) is 1.96. The molecule has 0 radical (unpaired) electrons. The topological polar surface area (TPSA) is 58.9 Å². The maximum Gasteiger partial charge on any atom is 0.280 e. The van der Waals surface area contributed by atoms with Crippen LogP contribution < -0.4 is 11.3 Å². The first kappa shape index (κ1) is 9.43. The summed E-state index contributed by atoms with van der Waals surface area (Å²) in [6, 6.07) is 1.22. The summed E-state index contributed by atoms with van der Waals surface area (Å²) in [5.41, 5.74) is 4.09. The zero-order chi connectivity index (χ0) is 9.30. The van der Waals surface area contributed by atoms with Crippen molar-refractivity contribution in [2.75, 3.05) is 5.73 Å². The molecule has 0 bridgehead atoms. The molecule has 0 saturated carbocycles. The van der Waals surface area contributed by atoms with Crippen LogP contribution in [0.1, 0.15) is 12.1 Å². The standard InChI is InChI=1S/C6H5F2IN2O/c7-5(8)4-3(10)1-2(9)6(12)11-4/h1,5H,10H2,(H,11,12). The molecule has 0 aromatic carbocycles. The van der Waals surface area contributed by atoms with Gasteiger partial charge in [0.05, 0.1) is 9.26 Å². The Kier molecular flexibility index (Phi) is 2.65. The van der Waals surface area contributed by atoms with Gasteiger partial charge in [-0.25, -0.2) is 8.78 Å². The molecule has 3 nitrogen and oxygen atoms in total. The Balaban J connectivity index is 3.33. The SMILES string of the molecule is Nc1cc(I)c(=O)[nH]c1C(F)F. The van der Waals surface area contributed by atoms with Gasteiger partial charge in [0, 0.05) is 0 Å². The lowest BCUT2D eigenvalue weighted by atomic mass is 10.3. The molecule has 0 amide bonds. The molecule has 0 aliphatic rings. The highest BCUT2D eigenvalue weighted by Gasteiger charge is 2.13. The molecule has 0 spiro atoms. The fraction of sp³-hybridized carbons (Fsp3) is 0.167. The highest BCUT2D eigenvalue weighted by atomic mass is 127. The van der Waals surface area contributed by atoms with E-state index in [1.807, 2.05) is 4.98 Å². The third-order valence-corrected chi connectivity index (χ3v) is 2.08. The van der Waals surface area contributed by atoms with Gasteiger partial charge in [-0.1, -0.05) is 0 Å². The Morgan fingerprint density at radius 1 is 1.58 bits per heavy atom. The van der Waals surface area contributed by atoms with E-state index < -0.39 is 17.7 Å². The van der Waals surface area contributed by atoms with Crippen LogP contribution in [0.4, 0.5) is 14.5 Å². The second-order valence-electron chi connectivity index (χ2n) is 2.12. The fourth-order valence-corrected chi connectivity index (χ4v) is 1.18. The maximum absolute atomic E-state index is 12.1. The summed E-state index contributed by atoms with van der Waals surface area (Å²) < 4.78 is 24.5. The third kappa shape index (κ3) is 1.74. The average molecular weight is 286 g/mol. The van der Waals surface area contributed by atoms with Crippen LogP contribution in [-0.2, 0) is 0 Å². The molecule has 66 valence electrons. The van der Waals surface area contributed by atoms with Gasteiger partial charge >= 0.3 is 0 Å². The van der Waals surface area contributed by atoms with Crippen molar-refractivity contribution in [3.05, 3.63) is 25.7 Å². The Hall–Kier alpha value is -0.660. The molecule has 1 heterocycles. The molecule has 0 fully saturated rings. The second kappa shape index (κ2) is 3.38. The zero-order valence-electron chi connectivity index (χ0n) is 5.77. The summed E-state index contributed by atoms with van der Waals surface area (Å²) in [5.74, 6) is 0. The van der Waals surface area contributed by atoms with Gasteiger partial charge in [0.2, 0.25) is 0 Å². The first-order chi connectivity index (χ1) is 5.52. The van der Waals surface area contributed by atoms with Crippen LogP contribution in [0.15, 0.2) is 10.9 Å². The Labute approximate surface area is 80.1 Å². The third-order valence-electron chi connectivity index (χ3n) is 1.28. The molecule has 6 heteroatoms. The molecule has 3 N–H and O–H groups in total. The molecular formula is C6H5F2IN2O. The lowest BCUT2D eigenvalue weighted by Crippen LogP contribution is -2.14. The molecule has 0 saturated heterocycles. The minimum absolute atomic E-state index is 0.0889. The molecule has 0 aliphatic heterocycles. The second-order valence-corrected chi connectivity index (χ2v) is 3.28. The summed E-state index contributed by atoms with van der Waals surface area (Å²) in [6.45, 7) is 0. The highest BCUT2D eigenvalue weighted by Crippen LogP contribution is 2.21. The minimum Gasteiger partial charge on any atom is -0.397 e. The van der Waals surface area contributed by atoms with Crippen molar-refractivity contribution in [2.45, 2.75) is 6.43 Å². The number of anilines is 1. The smallest absolute Gasteiger partial charge is 0.280 e. The largest absolute Gasteiger partial charge is 0.397 e. The number of nitrogens with one attached hydrogen (secondary N) is 1. The number of hydrogen-bond donors (Lipinski definition) is 2. The maximum atomic E-state index is 12.1. The van der Waals surface area contributed by atoms with Gasteiger partial charge in [0.25, 0.3) is 12.0 Å². The van der Waals surface area contributed by atoms with E-state index in [0.717, 1.165) is 0 Å². The number of H-pyrrole nitrogens is 1. The number of hydrogen-bond acceptors (Lipinski definition) is 2. The highest BCUT2D eigenvalue weighted by molar-refractivity contribution is 14.1. The summed E-state index contributed by atoms with van der Waals surface area (Å²) >= 11 is 1.72. The Morgan fingerprint density at radius 2 is 2.17 bits per heavy atom. The number of aromatic amines is 1. The van der Waals surface area contributed by atoms with Crippen LogP contribution in [0.5, 0.6) is 0 Å².